The summed E-state index contributed by atoms with van der Waals surface area (Å²) in [5, 5.41) is 0. The second kappa shape index (κ2) is 22.0. The summed E-state index contributed by atoms with van der Waals surface area (Å²) in [6.45, 7) is 0. The summed E-state index contributed by atoms with van der Waals surface area (Å²) in [5.74, 6) is 0. The lowest BCUT2D eigenvalue weighted by Gasteiger charge is -2.01. The van der Waals surface area contributed by atoms with Crippen LogP contribution in [0.15, 0.2) is 109 Å². The van der Waals surface area contributed by atoms with E-state index in [4.69, 9.17) is 0 Å². The van der Waals surface area contributed by atoms with Crippen LogP contribution in [0.4, 0.5) is 0 Å². The molecule has 29 heavy (non-hydrogen) atoms. The Labute approximate surface area is 180 Å². The van der Waals surface area contributed by atoms with Crippen molar-refractivity contribution in [3.05, 3.63) is 109 Å². The van der Waals surface area contributed by atoms with Crippen molar-refractivity contribution in [1.29, 1.82) is 0 Å². The molecule has 1 rings (SSSR count). The number of rotatable bonds is 0. The van der Waals surface area contributed by atoms with Gasteiger partial charge >= 0.3 is 0 Å². The number of hydrogen-bond acceptors (Lipinski definition) is 0. The fourth-order valence-electron chi connectivity index (χ4n) is 3.01. The second-order valence-electron chi connectivity index (χ2n) is 7.31. The maximum Gasteiger partial charge on any atom is -0.0348 e. The van der Waals surface area contributed by atoms with E-state index in [1.807, 2.05) is 48.6 Å². The van der Waals surface area contributed by atoms with Crippen molar-refractivity contribution in [2.45, 2.75) is 70.6 Å². The predicted octanol–water partition coefficient (Wildman–Crippen LogP) is 9.30. The molecule has 0 N–H and O–H groups in total. The van der Waals surface area contributed by atoms with E-state index in [1.54, 1.807) is 0 Å². The number of hydrogen-bond donors (Lipinski definition) is 0. The Morgan fingerprint density at radius 1 is 0.207 bits per heavy atom. The van der Waals surface area contributed by atoms with Crippen molar-refractivity contribution in [3.8, 4) is 0 Å². The Morgan fingerprint density at radius 3 is 0.690 bits per heavy atom. The van der Waals surface area contributed by atoms with E-state index in [1.165, 1.54) is 70.6 Å². The third-order valence-electron chi connectivity index (χ3n) is 4.68. The van der Waals surface area contributed by atoms with E-state index in [0.717, 1.165) is 0 Å². The Kier molecular flexibility index (Phi) is 18.7. The standard InChI is InChI=1S/C29H40/c1-2-4-6-8-10-12-14-16-18-20-22-24-26-28-29-27-25-23-21-19-17-15-13-11-9-7-5-3-1/h1-18H,19-29H2. The van der Waals surface area contributed by atoms with E-state index in [-0.39, 0.29) is 0 Å². The summed E-state index contributed by atoms with van der Waals surface area (Å²) < 4.78 is 0. The summed E-state index contributed by atoms with van der Waals surface area (Å²) in [6.07, 6.45) is 52.5. The second-order valence-corrected chi connectivity index (χ2v) is 7.31. The summed E-state index contributed by atoms with van der Waals surface area (Å²) in [5.41, 5.74) is 0. The van der Waals surface area contributed by atoms with Crippen molar-refractivity contribution in [2.75, 3.05) is 0 Å². The first-order valence-electron chi connectivity index (χ1n) is 11.5. The van der Waals surface area contributed by atoms with Gasteiger partial charge in [0.15, 0.2) is 0 Å². The first-order chi connectivity index (χ1) is 14.5. The molecule has 0 saturated carbocycles. The minimum absolute atomic E-state index is 1.20. The lowest BCUT2D eigenvalue weighted by molar-refractivity contribution is 0.561. The molecule has 0 spiro atoms. The average Bonchev–Trinajstić information content (AvgIpc) is 2.73. The minimum Gasteiger partial charge on any atom is -0.0845 e. The average molecular weight is 389 g/mol. The van der Waals surface area contributed by atoms with Crippen LogP contribution < -0.4 is 0 Å². The zero-order valence-electron chi connectivity index (χ0n) is 18.2. The van der Waals surface area contributed by atoms with E-state index >= 15 is 0 Å². The van der Waals surface area contributed by atoms with Gasteiger partial charge in [0.05, 0.1) is 0 Å². The van der Waals surface area contributed by atoms with Crippen molar-refractivity contribution in [1.82, 2.24) is 0 Å². The van der Waals surface area contributed by atoms with Crippen molar-refractivity contribution in [3.63, 3.8) is 0 Å². The van der Waals surface area contributed by atoms with Crippen LogP contribution in [0.25, 0.3) is 0 Å². The summed E-state index contributed by atoms with van der Waals surface area (Å²) in [4.78, 5) is 0. The fraction of sp³-hybridized carbons (Fsp3) is 0.379. The maximum absolute atomic E-state index is 2.28. The van der Waals surface area contributed by atoms with Gasteiger partial charge in [-0.1, -0.05) is 154 Å². The molecular formula is C29H40. The van der Waals surface area contributed by atoms with Gasteiger partial charge in [0.2, 0.25) is 0 Å². The third kappa shape index (κ3) is 20.2. The number of allylic oxidation sites excluding steroid dienone is 18. The van der Waals surface area contributed by atoms with Gasteiger partial charge in [0.25, 0.3) is 0 Å². The van der Waals surface area contributed by atoms with Crippen LogP contribution in [0.5, 0.6) is 0 Å². The summed E-state index contributed by atoms with van der Waals surface area (Å²) >= 11 is 0. The molecule has 0 nitrogen and oxygen atoms in total. The lowest BCUT2D eigenvalue weighted by atomic mass is 10.1. The van der Waals surface area contributed by atoms with Crippen LogP contribution in [0.1, 0.15) is 70.6 Å². The minimum atomic E-state index is 1.20. The highest BCUT2D eigenvalue weighted by Crippen LogP contribution is 2.11. The normalized spacial score (nSPS) is 19.0. The Balaban J connectivity index is 2.39. The molecular weight excluding hydrogens is 348 g/mol. The van der Waals surface area contributed by atoms with Gasteiger partial charge in [0.1, 0.15) is 0 Å². The zero-order chi connectivity index (χ0) is 20.5. The van der Waals surface area contributed by atoms with E-state index in [2.05, 4.69) is 60.8 Å². The molecule has 0 aromatic carbocycles. The molecule has 0 atom stereocenters. The smallest absolute Gasteiger partial charge is 0.0348 e. The molecule has 0 fully saturated rings. The van der Waals surface area contributed by atoms with Gasteiger partial charge in [-0.05, 0) is 25.7 Å². The summed E-state index contributed by atoms with van der Waals surface area (Å²) in [6, 6.07) is 0. The lowest BCUT2D eigenvalue weighted by Crippen LogP contribution is -1.81. The first-order valence-corrected chi connectivity index (χ1v) is 11.5. The van der Waals surface area contributed by atoms with Crippen LogP contribution in [0.2, 0.25) is 0 Å². The fourth-order valence-corrected chi connectivity index (χ4v) is 3.01. The van der Waals surface area contributed by atoms with E-state index < -0.39 is 0 Å². The highest BCUT2D eigenvalue weighted by atomic mass is 14.0. The van der Waals surface area contributed by atoms with Crippen molar-refractivity contribution < 1.29 is 0 Å². The van der Waals surface area contributed by atoms with Gasteiger partial charge < -0.3 is 0 Å². The molecule has 1 aliphatic carbocycles. The molecule has 0 bridgehead atoms. The van der Waals surface area contributed by atoms with Crippen LogP contribution in [-0.2, 0) is 0 Å². The van der Waals surface area contributed by atoms with E-state index in [0.29, 0.717) is 0 Å². The molecule has 0 aliphatic heterocycles. The van der Waals surface area contributed by atoms with Gasteiger partial charge in [-0.3, -0.25) is 0 Å². The van der Waals surface area contributed by atoms with Gasteiger partial charge in [-0.15, -0.1) is 0 Å². The Hall–Kier alpha value is -2.34. The highest BCUT2D eigenvalue weighted by molar-refractivity contribution is 5.21. The van der Waals surface area contributed by atoms with Gasteiger partial charge in [-0.2, -0.15) is 0 Å². The van der Waals surface area contributed by atoms with Crippen molar-refractivity contribution in [2.24, 2.45) is 0 Å². The largest absolute Gasteiger partial charge is 0.0845 e. The van der Waals surface area contributed by atoms with Gasteiger partial charge in [-0.25, -0.2) is 0 Å². The molecule has 0 amide bonds. The monoisotopic (exact) mass is 388 g/mol. The van der Waals surface area contributed by atoms with E-state index in [9.17, 15) is 0 Å². The molecule has 0 aromatic heterocycles. The van der Waals surface area contributed by atoms with Crippen LogP contribution in [0, 0.1) is 0 Å². The van der Waals surface area contributed by atoms with Crippen LogP contribution >= 0.6 is 0 Å². The molecule has 0 heterocycles. The Bertz CT molecular complexity index is 560. The zero-order valence-corrected chi connectivity index (χ0v) is 18.2. The molecule has 0 saturated heterocycles. The molecule has 0 unspecified atom stereocenters. The topological polar surface area (TPSA) is 0 Å². The molecule has 1 aliphatic rings. The van der Waals surface area contributed by atoms with Crippen LogP contribution in [-0.4, -0.2) is 0 Å². The molecule has 0 aromatic rings. The SMILES string of the molecule is C1=CC=CC=CC=CC=CCCCCCCCCCCCC=CC=CC=CC=C1. The van der Waals surface area contributed by atoms with Crippen molar-refractivity contribution >= 4 is 0 Å². The molecule has 0 radical (unpaired) electrons. The first kappa shape index (κ1) is 24.7. The third-order valence-corrected chi connectivity index (χ3v) is 4.68. The molecule has 0 heteroatoms. The van der Waals surface area contributed by atoms with Crippen LogP contribution in [0.3, 0.4) is 0 Å². The Morgan fingerprint density at radius 2 is 0.414 bits per heavy atom. The highest BCUT2D eigenvalue weighted by Gasteiger charge is 1.92. The predicted molar refractivity (Wildman–Crippen MR) is 133 cm³/mol. The molecule has 156 valence electrons. The maximum atomic E-state index is 2.28. The quantitative estimate of drug-likeness (QED) is 0.388. The summed E-state index contributed by atoms with van der Waals surface area (Å²) in [7, 11) is 0. The van der Waals surface area contributed by atoms with Gasteiger partial charge in [0, 0.05) is 0 Å².